The van der Waals surface area contributed by atoms with Gasteiger partial charge < -0.3 is 5.11 Å². The lowest BCUT2D eigenvalue weighted by Crippen LogP contribution is -1.98. The zero-order valence-electron chi connectivity index (χ0n) is 11.7. The van der Waals surface area contributed by atoms with Crippen LogP contribution in [0.15, 0.2) is 18.2 Å². The van der Waals surface area contributed by atoms with Crippen molar-refractivity contribution in [2.24, 2.45) is 0 Å². The van der Waals surface area contributed by atoms with Crippen LogP contribution in [0.4, 0.5) is 4.39 Å². The van der Waals surface area contributed by atoms with Crippen LogP contribution in [0, 0.1) is 5.82 Å². The van der Waals surface area contributed by atoms with E-state index in [1.807, 2.05) is 0 Å². The minimum atomic E-state index is -0.581. The van der Waals surface area contributed by atoms with Crippen LogP contribution in [0.1, 0.15) is 70.0 Å². The van der Waals surface area contributed by atoms with Crippen LogP contribution in [0.2, 0.25) is 5.02 Å². The maximum Gasteiger partial charge on any atom is 0.142 e. The highest BCUT2D eigenvalue weighted by Gasteiger charge is 2.09. The highest BCUT2D eigenvalue weighted by molar-refractivity contribution is 6.30. The van der Waals surface area contributed by atoms with Gasteiger partial charge in [0.1, 0.15) is 5.82 Å². The van der Waals surface area contributed by atoms with Crippen molar-refractivity contribution in [3.63, 3.8) is 0 Å². The summed E-state index contributed by atoms with van der Waals surface area (Å²) >= 11 is 5.62. The maximum atomic E-state index is 13.3. The van der Waals surface area contributed by atoms with E-state index in [4.69, 9.17) is 11.6 Å². The van der Waals surface area contributed by atoms with Crippen LogP contribution >= 0.6 is 11.6 Å². The summed E-state index contributed by atoms with van der Waals surface area (Å²) in [6.07, 6.45) is 8.61. The third-order valence-corrected chi connectivity index (χ3v) is 3.72. The van der Waals surface area contributed by atoms with E-state index >= 15 is 0 Å². The SMILES string of the molecule is CCCCCCCCCC(O)c1ccc(Cl)c(F)c1. The third-order valence-electron chi connectivity index (χ3n) is 3.41. The van der Waals surface area contributed by atoms with Gasteiger partial charge in [0.2, 0.25) is 0 Å². The van der Waals surface area contributed by atoms with E-state index in [0.717, 1.165) is 12.8 Å². The van der Waals surface area contributed by atoms with Gasteiger partial charge in [-0.2, -0.15) is 0 Å². The second kappa shape index (κ2) is 9.33. The minimum absolute atomic E-state index is 0.104. The molecule has 0 saturated heterocycles. The number of aliphatic hydroxyl groups excluding tert-OH is 1. The maximum absolute atomic E-state index is 13.3. The molecule has 19 heavy (non-hydrogen) atoms. The van der Waals surface area contributed by atoms with E-state index in [0.29, 0.717) is 12.0 Å². The van der Waals surface area contributed by atoms with Gasteiger partial charge in [-0.1, -0.05) is 69.5 Å². The summed E-state index contributed by atoms with van der Waals surface area (Å²) in [6, 6.07) is 4.52. The van der Waals surface area contributed by atoms with Gasteiger partial charge in [-0.15, -0.1) is 0 Å². The molecule has 1 aromatic rings. The zero-order chi connectivity index (χ0) is 14.1. The monoisotopic (exact) mass is 286 g/mol. The minimum Gasteiger partial charge on any atom is -0.388 e. The summed E-state index contributed by atoms with van der Waals surface area (Å²) in [5.74, 6) is -0.460. The number of unbranched alkanes of at least 4 members (excludes halogenated alkanes) is 6. The van der Waals surface area contributed by atoms with Gasteiger partial charge in [0.05, 0.1) is 11.1 Å². The largest absolute Gasteiger partial charge is 0.388 e. The van der Waals surface area contributed by atoms with Crippen molar-refractivity contribution < 1.29 is 9.50 Å². The molecule has 1 aromatic carbocycles. The fraction of sp³-hybridized carbons (Fsp3) is 0.625. The molecule has 1 unspecified atom stereocenters. The van der Waals surface area contributed by atoms with Gasteiger partial charge in [-0.3, -0.25) is 0 Å². The molecule has 0 heterocycles. The van der Waals surface area contributed by atoms with Crippen molar-refractivity contribution in [3.8, 4) is 0 Å². The van der Waals surface area contributed by atoms with E-state index in [-0.39, 0.29) is 5.02 Å². The van der Waals surface area contributed by atoms with E-state index in [1.165, 1.54) is 44.2 Å². The molecule has 0 aliphatic heterocycles. The average Bonchev–Trinajstić information content (AvgIpc) is 2.40. The van der Waals surface area contributed by atoms with E-state index in [2.05, 4.69) is 6.92 Å². The lowest BCUT2D eigenvalue weighted by atomic mass is 10.0. The highest BCUT2D eigenvalue weighted by atomic mass is 35.5. The molecule has 0 fully saturated rings. The number of rotatable bonds is 9. The van der Waals surface area contributed by atoms with Crippen molar-refractivity contribution in [2.45, 2.75) is 64.4 Å². The van der Waals surface area contributed by atoms with Gasteiger partial charge in [0, 0.05) is 0 Å². The molecule has 1 rings (SSSR count). The Bertz CT molecular complexity index is 368. The van der Waals surface area contributed by atoms with Gasteiger partial charge in [0.15, 0.2) is 0 Å². The van der Waals surface area contributed by atoms with E-state index < -0.39 is 11.9 Å². The van der Waals surface area contributed by atoms with Gasteiger partial charge >= 0.3 is 0 Å². The van der Waals surface area contributed by atoms with Gasteiger partial charge in [-0.25, -0.2) is 4.39 Å². The number of hydrogen-bond donors (Lipinski definition) is 1. The Morgan fingerprint density at radius 1 is 1.11 bits per heavy atom. The normalized spacial score (nSPS) is 12.6. The summed E-state index contributed by atoms with van der Waals surface area (Å²) in [5.41, 5.74) is 0.618. The Labute approximate surface area is 120 Å². The topological polar surface area (TPSA) is 20.2 Å². The fourth-order valence-electron chi connectivity index (χ4n) is 2.18. The van der Waals surface area contributed by atoms with Crippen molar-refractivity contribution in [2.75, 3.05) is 0 Å². The van der Waals surface area contributed by atoms with Crippen molar-refractivity contribution in [1.29, 1.82) is 0 Å². The Kier molecular flexibility index (Phi) is 8.08. The molecular weight excluding hydrogens is 263 g/mol. The van der Waals surface area contributed by atoms with Gasteiger partial charge in [-0.05, 0) is 24.1 Å². The molecule has 1 atom stereocenters. The number of benzene rings is 1. The number of hydrogen-bond acceptors (Lipinski definition) is 1. The highest BCUT2D eigenvalue weighted by Crippen LogP contribution is 2.24. The molecule has 108 valence electrons. The molecule has 3 heteroatoms. The van der Waals surface area contributed by atoms with Crippen LogP contribution in [0.3, 0.4) is 0 Å². The van der Waals surface area contributed by atoms with Gasteiger partial charge in [0.25, 0.3) is 0 Å². The molecule has 0 radical (unpaired) electrons. The first-order valence-electron chi connectivity index (χ1n) is 7.28. The van der Waals surface area contributed by atoms with Crippen LogP contribution < -0.4 is 0 Å². The Hall–Kier alpha value is -0.600. The summed E-state index contributed by atoms with van der Waals surface area (Å²) in [5, 5.41) is 10.1. The lowest BCUT2D eigenvalue weighted by Gasteiger charge is -2.11. The van der Waals surface area contributed by atoms with Crippen LogP contribution in [0.5, 0.6) is 0 Å². The van der Waals surface area contributed by atoms with Crippen LogP contribution in [-0.4, -0.2) is 5.11 Å². The molecule has 0 aliphatic rings. The molecule has 0 bridgehead atoms. The lowest BCUT2D eigenvalue weighted by molar-refractivity contribution is 0.163. The molecular formula is C16H24ClFO. The summed E-state index contributed by atoms with van der Waals surface area (Å²) in [7, 11) is 0. The van der Waals surface area contributed by atoms with Crippen molar-refractivity contribution in [3.05, 3.63) is 34.6 Å². The van der Waals surface area contributed by atoms with Crippen molar-refractivity contribution >= 4 is 11.6 Å². The number of halogens is 2. The molecule has 1 nitrogen and oxygen atoms in total. The second-order valence-corrected chi connectivity index (χ2v) is 5.51. The first-order valence-corrected chi connectivity index (χ1v) is 7.66. The summed E-state index contributed by atoms with van der Waals surface area (Å²) in [6.45, 7) is 2.21. The smallest absolute Gasteiger partial charge is 0.142 e. The number of aliphatic hydroxyl groups is 1. The Morgan fingerprint density at radius 3 is 2.37 bits per heavy atom. The predicted molar refractivity (Wildman–Crippen MR) is 79.0 cm³/mol. The molecule has 1 N–H and O–H groups in total. The quantitative estimate of drug-likeness (QED) is 0.581. The van der Waals surface area contributed by atoms with Crippen LogP contribution in [-0.2, 0) is 0 Å². The second-order valence-electron chi connectivity index (χ2n) is 5.10. The molecule has 0 aliphatic carbocycles. The summed E-state index contributed by atoms with van der Waals surface area (Å²) in [4.78, 5) is 0. The molecule has 0 amide bonds. The first kappa shape index (κ1) is 16.5. The Morgan fingerprint density at radius 2 is 1.74 bits per heavy atom. The molecule has 0 spiro atoms. The zero-order valence-corrected chi connectivity index (χ0v) is 12.4. The van der Waals surface area contributed by atoms with E-state index in [1.54, 1.807) is 6.07 Å². The average molecular weight is 287 g/mol. The van der Waals surface area contributed by atoms with Crippen molar-refractivity contribution in [1.82, 2.24) is 0 Å². The summed E-state index contributed by atoms with van der Waals surface area (Å²) < 4.78 is 13.3. The Balaban J connectivity index is 2.20. The van der Waals surface area contributed by atoms with Crippen LogP contribution in [0.25, 0.3) is 0 Å². The van der Waals surface area contributed by atoms with E-state index in [9.17, 15) is 9.50 Å². The fourth-order valence-corrected chi connectivity index (χ4v) is 2.30. The standard InChI is InChI=1S/C16H24ClFO/c1-2-3-4-5-6-7-8-9-16(19)13-10-11-14(17)15(18)12-13/h10-12,16,19H,2-9H2,1H3. The third kappa shape index (κ3) is 6.40. The molecule has 0 aromatic heterocycles. The first-order chi connectivity index (χ1) is 9.15. The predicted octanol–water partition coefficient (Wildman–Crippen LogP) is 5.65. The molecule has 0 saturated carbocycles.